The van der Waals surface area contributed by atoms with Crippen LogP contribution in [0.2, 0.25) is 5.02 Å². The highest BCUT2D eigenvalue weighted by Gasteiger charge is 2.11. The van der Waals surface area contributed by atoms with Crippen molar-refractivity contribution in [2.45, 2.75) is 26.3 Å². The minimum atomic E-state index is 0.279. The standard InChI is InChI=1S/C13H15ClN2O/c1-10(2)16(7-3-6-15)12-5-4-11(9-17)13(14)8-12/h4-5,8-10H,3,7H2,1-2H3. The lowest BCUT2D eigenvalue weighted by Gasteiger charge is -2.28. The second-order valence-electron chi connectivity index (χ2n) is 4.02. The summed E-state index contributed by atoms with van der Waals surface area (Å²) in [6, 6.07) is 7.73. The van der Waals surface area contributed by atoms with E-state index in [1.807, 2.05) is 6.07 Å². The molecule has 0 atom stereocenters. The number of halogens is 1. The first kappa shape index (κ1) is 13.5. The first-order chi connectivity index (χ1) is 8.10. The maximum atomic E-state index is 10.7. The summed E-state index contributed by atoms with van der Waals surface area (Å²) in [6.07, 6.45) is 1.20. The van der Waals surface area contributed by atoms with E-state index in [1.54, 1.807) is 12.1 Å². The van der Waals surface area contributed by atoms with Gasteiger partial charge in [0.05, 0.1) is 17.5 Å². The average Bonchev–Trinajstić information content (AvgIpc) is 2.29. The zero-order valence-electron chi connectivity index (χ0n) is 9.98. The molecular weight excluding hydrogens is 236 g/mol. The minimum Gasteiger partial charge on any atom is -0.368 e. The van der Waals surface area contributed by atoms with Crippen LogP contribution in [0.4, 0.5) is 5.69 Å². The second-order valence-corrected chi connectivity index (χ2v) is 4.43. The molecule has 0 spiro atoms. The van der Waals surface area contributed by atoms with Crippen LogP contribution in [-0.4, -0.2) is 18.9 Å². The van der Waals surface area contributed by atoms with Crippen molar-refractivity contribution in [2.24, 2.45) is 0 Å². The largest absolute Gasteiger partial charge is 0.368 e. The van der Waals surface area contributed by atoms with Gasteiger partial charge in [0, 0.05) is 23.8 Å². The van der Waals surface area contributed by atoms with E-state index in [1.165, 1.54) is 0 Å². The van der Waals surface area contributed by atoms with Crippen LogP contribution in [0.3, 0.4) is 0 Å². The molecule has 0 aliphatic heterocycles. The SMILES string of the molecule is CC(C)N(CCC#N)c1ccc(C=O)c(Cl)c1. The topological polar surface area (TPSA) is 44.1 Å². The van der Waals surface area contributed by atoms with Crippen LogP contribution in [0, 0.1) is 11.3 Å². The first-order valence-corrected chi connectivity index (χ1v) is 5.86. The van der Waals surface area contributed by atoms with Crippen LogP contribution in [-0.2, 0) is 0 Å². The number of anilines is 1. The molecule has 0 saturated carbocycles. The zero-order valence-corrected chi connectivity index (χ0v) is 10.7. The number of rotatable bonds is 5. The fourth-order valence-electron chi connectivity index (χ4n) is 1.65. The summed E-state index contributed by atoms with van der Waals surface area (Å²) in [5.41, 5.74) is 1.42. The molecule has 1 aromatic carbocycles. The fourth-order valence-corrected chi connectivity index (χ4v) is 1.87. The molecule has 1 aromatic rings. The molecule has 0 bridgehead atoms. The second kappa shape index (κ2) is 6.27. The number of carbonyl (C=O) groups is 1. The van der Waals surface area contributed by atoms with E-state index >= 15 is 0 Å². The summed E-state index contributed by atoms with van der Waals surface area (Å²) in [5.74, 6) is 0. The molecule has 0 heterocycles. The van der Waals surface area contributed by atoms with Gasteiger partial charge in [-0.1, -0.05) is 11.6 Å². The third-order valence-corrected chi connectivity index (χ3v) is 2.86. The highest BCUT2D eigenvalue weighted by atomic mass is 35.5. The lowest BCUT2D eigenvalue weighted by molar-refractivity contribution is 0.112. The monoisotopic (exact) mass is 250 g/mol. The van der Waals surface area contributed by atoms with E-state index in [0.717, 1.165) is 12.0 Å². The van der Waals surface area contributed by atoms with Crippen molar-refractivity contribution >= 4 is 23.6 Å². The van der Waals surface area contributed by atoms with Gasteiger partial charge in [0.15, 0.2) is 6.29 Å². The van der Waals surface area contributed by atoms with Crippen LogP contribution in [0.5, 0.6) is 0 Å². The van der Waals surface area contributed by atoms with Gasteiger partial charge in [0.25, 0.3) is 0 Å². The Morgan fingerprint density at radius 1 is 1.53 bits per heavy atom. The van der Waals surface area contributed by atoms with E-state index in [9.17, 15) is 4.79 Å². The fraction of sp³-hybridized carbons (Fsp3) is 0.385. The molecule has 17 heavy (non-hydrogen) atoms. The molecule has 0 saturated heterocycles. The van der Waals surface area contributed by atoms with Gasteiger partial charge in [0.1, 0.15) is 0 Å². The highest BCUT2D eigenvalue weighted by molar-refractivity contribution is 6.33. The average molecular weight is 251 g/mol. The van der Waals surface area contributed by atoms with Crippen LogP contribution in [0.25, 0.3) is 0 Å². The number of hydrogen-bond donors (Lipinski definition) is 0. The number of nitrogens with zero attached hydrogens (tertiary/aromatic N) is 2. The summed E-state index contributed by atoms with van der Waals surface area (Å²) in [7, 11) is 0. The highest BCUT2D eigenvalue weighted by Crippen LogP contribution is 2.24. The third kappa shape index (κ3) is 3.47. The Kier molecular flexibility index (Phi) is 4.99. The lowest BCUT2D eigenvalue weighted by Crippen LogP contribution is -2.31. The van der Waals surface area contributed by atoms with Gasteiger partial charge in [-0.25, -0.2) is 0 Å². The molecule has 0 amide bonds. The van der Waals surface area contributed by atoms with E-state index in [0.29, 0.717) is 23.6 Å². The van der Waals surface area contributed by atoms with Gasteiger partial charge in [-0.05, 0) is 32.0 Å². The van der Waals surface area contributed by atoms with Gasteiger partial charge in [-0.2, -0.15) is 5.26 Å². The van der Waals surface area contributed by atoms with Crippen molar-refractivity contribution in [3.63, 3.8) is 0 Å². The molecule has 0 aromatic heterocycles. The van der Waals surface area contributed by atoms with Crippen molar-refractivity contribution < 1.29 is 4.79 Å². The third-order valence-electron chi connectivity index (χ3n) is 2.53. The molecule has 0 N–H and O–H groups in total. The number of benzene rings is 1. The molecule has 0 aliphatic rings. The maximum Gasteiger partial charge on any atom is 0.151 e. The molecule has 0 aliphatic carbocycles. The number of hydrogen-bond acceptors (Lipinski definition) is 3. The number of carbonyl (C=O) groups excluding carboxylic acids is 1. The summed E-state index contributed by atoms with van der Waals surface area (Å²) in [6.45, 7) is 4.77. The molecule has 0 unspecified atom stereocenters. The Morgan fingerprint density at radius 2 is 2.24 bits per heavy atom. The van der Waals surface area contributed by atoms with E-state index in [2.05, 4.69) is 24.8 Å². The predicted molar refractivity (Wildman–Crippen MR) is 69.6 cm³/mol. The van der Waals surface area contributed by atoms with Crippen LogP contribution < -0.4 is 4.90 Å². The van der Waals surface area contributed by atoms with Gasteiger partial charge >= 0.3 is 0 Å². The first-order valence-electron chi connectivity index (χ1n) is 5.48. The Labute approximate surface area is 107 Å². The van der Waals surface area contributed by atoms with Crippen LogP contribution in [0.15, 0.2) is 18.2 Å². The predicted octanol–water partition coefficient (Wildman–Crippen LogP) is 3.28. The van der Waals surface area contributed by atoms with Crippen molar-refractivity contribution in [1.82, 2.24) is 0 Å². The molecule has 3 nitrogen and oxygen atoms in total. The minimum absolute atomic E-state index is 0.279. The van der Waals surface area contributed by atoms with E-state index in [-0.39, 0.29) is 6.04 Å². The van der Waals surface area contributed by atoms with Gasteiger partial charge in [-0.15, -0.1) is 0 Å². The summed E-state index contributed by atoms with van der Waals surface area (Å²) >= 11 is 5.99. The van der Waals surface area contributed by atoms with Gasteiger partial charge in [0.2, 0.25) is 0 Å². The zero-order chi connectivity index (χ0) is 12.8. The molecule has 0 fully saturated rings. The van der Waals surface area contributed by atoms with E-state index in [4.69, 9.17) is 16.9 Å². The molecule has 1 rings (SSSR count). The molecule has 4 heteroatoms. The van der Waals surface area contributed by atoms with Crippen LogP contribution >= 0.6 is 11.6 Å². The molecule has 90 valence electrons. The quantitative estimate of drug-likeness (QED) is 0.754. The Morgan fingerprint density at radius 3 is 2.71 bits per heavy atom. The Bertz CT molecular complexity index is 438. The maximum absolute atomic E-state index is 10.7. The van der Waals surface area contributed by atoms with Crippen molar-refractivity contribution in [3.8, 4) is 6.07 Å². The van der Waals surface area contributed by atoms with Gasteiger partial charge < -0.3 is 4.90 Å². The smallest absolute Gasteiger partial charge is 0.151 e. The molecular formula is C13H15ClN2O. The Balaban J connectivity index is 2.99. The van der Waals surface area contributed by atoms with Crippen molar-refractivity contribution in [2.75, 3.05) is 11.4 Å². The van der Waals surface area contributed by atoms with Crippen molar-refractivity contribution in [1.29, 1.82) is 5.26 Å². The normalized spacial score (nSPS) is 10.1. The van der Waals surface area contributed by atoms with E-state index < -0.39 is 0 Å². The van der Waals surface area contributed by atoms with Crippen LogP contribution in [0.1, 0.15) is 30.6 Å². The number of nitriles is 1. The summed E-state index contributed by atoms with van der Waals surface area (Å²) in [5, 5.41) is 9.08. The molecule has 0 radical (unpaired) electrons. The lowest BCUT2D eigenvalue weighted by atomic mass is 10.1. The van der Waals surface area contributed by atoms with Crippen molar-refractivity contribution in [3.05, 3.63) is 28.8 Å². The summed E-state index contributed by atoms with van der Waals surface area (Å²) < 4.78 is 0. The summed E-state index contributed by atoms with van der Waals surface area (Å²) in [4.78, 5) is 12.8. The Hall–Kier alpha value is -1.53. The number of aldehydes is 1. The van der Waals surface area contributed by atoms with Gasteiger partial charge in [-0.3, -0.25) is 4.79 Å².